The van der Waals surface area contributed by atoms with E-state index in [2.05, 4.69) is 64.0 Å². The van der Waals surface area contributed by atoms with Gasteiger partial charge in [0.2, 0.25) is 0 Å². The highest BCUT2D eigenvalue weighted by Gasteiger charge is 2.38. The number of carboxylic acid groups (broad SMARTS) is 1. The van der Waals surface area contributed by atoms with Crippen LogP contribution in [0.1, 0.15) is 23.5 Å². The van der Waals surface area contributed by atoms with E-state index in [1.54, 1.807) is 0 Å². The highest BCUT2D eigenvalue weighted by Crippen LogP contribution is 2.31. The minimum Gasteiger partial charge on any atom is -0.475 e. The van der Waals surface area contributed by atoms with Crippen molar-refractivity contribution >= 4 is 28.5 Å². The van der Waals surface area contributed by atoms with Gasteiger partial charge in [0.25, 0.3) is 0 Å². The number of hydrogen-bond donors (Lipinski definition) is 3. The number of nitrogens with one attached hydrogen (secondary N) is 2. The summed E-state index contributed by atoms with van der Waals surface area (Å²) < 4.78 is 31.7. The normalized spacial score (nSPS) is 12.3. The Morgan fingerprint density at radius 3 is 2.43 bits per heavy atom. The molecule has 3 rings (SSSR count). The highest BCUT2D eigenvalue weighted by atomic mass is 35.5. The first-order valence-electron chi connectivity index (χ1n) is 8.37. The minimum atomic E-state index is -5.08. The third-order valence-electron chi connectivity index (χ3n) is 4.07. The lowest BCUT2D eigenvalue weighted by Gasteiger charge is -2.18. The summed E-state index contributed by atoms with van der Waals surface area (Å²) in [7, 11) is 1.98. The zero-order chi connectivity index (χ0) is 20.7. The molecule has 150 valence electrons. The summed E-state index contributed by atoms with van der Waals surface area (Å²) >= 11 is 6.14. The third-order valence-corrected chi connectivity index (χ3v) is 4.36. The number of aromatic amines is 1. The van der Waals surface area contributed by atoms with Crippen molar-refractivity contribution in [2.45, 2.75) is 18.5 Å². The molecule has 0 spiro atoms. The van der Waals surface area contributed by atoms with E-state index in [1.807, 2.05) is 7.05 Å². The van der Waals surface area contributed by atoms with Gasteiger partial charge in [0, 0.05) is 11.3 Å². The number of hydrogen-bond acceptors (Lipinski definition) is 3. The summed E-state index contributed by atoms with van der Waals surface area (Å²) in [6, 6.07) is 16.9. The molecular weight excluding hydrogens is 395 g/mol. The maximum absolute atomic E-state index is 10.6. The molecule has 1 atom stereocenters. The highest BCUT2D eigenvalue weighted by molar-refractivity contribution is 6.34. The van der Waals surface area contributed by atoms with Crippen molar-refractivity contribution < 1.29 is 23.1 Å². The Labute approximate surface area is 164 Å². The van der Waals surface area contributed by atoms with E-state index >= 15 is 0 Å². The lowest BCUT2D eigenvalue weighted by molar-refractivity contribution is -0.192. The largest absolute Gasteiger partial charge is 0.490 e. The number of alkyl halides is 3. The standard InChI is InChI=1S/C17H18ClN3.C2HF3O2/c1-19-10-9-14(12-5-3-2-4-6-12)13-7-8-16-15(11-13)17(18)21-20-16;3-2(4,5)1(6)7/h2-8,11,14,19H,9-10H2,1H3,(H,20,21);(H,6,7)/t14-;/m1./s1. The van der Waals surface area contributed by atoms with Gasteiger partial charge in [0.15, 0.2) is 5.15 Å². The fraction of sp³-hybridized carbons (Fsp3) is 0.263. The molecule has 9 heteroatoms. The summed E-state index contributed by atoms with van der Waals surface area (Å²) in [6.07, 6.45) is -4.04. The molecule has 1 aromatic heterocycles. The average Bonchev–Trinajstić information content (AvgIpc) is 3.03. The quantitative estimate of drug-likeness (QED) is 0.571. The number of aromatic nitrogens is 2. The van der Waals surface area contributed by atoms with Gasteiger partial charge >= 0.3 is 12.1 Å². The molecule has 0 aliphatic carbocycles. The minimum absolute atomic E-state index is 0.356. The SMILES string of the molecule is CNCC[C@H](c1ccccc1)c1ccc2[nH]nc(Cl)c2c1.O=C(O)C(F)(F)F. The maximum atomic E-state index is 10.6. The van der Waals surface area contributed by atoms with Crippen molar-refractivity contribution in [1.82, 2.24) is 15.5 Å². The van der Waals surface area contributed by atoms with Gasteiger partial charge in [-0.2, -0.15) is 18.3 Å². The van der Waals surface area contributed by atoms with E-state index < -0.39 is 12.1 Å². The topological polar surface area (TPSA) is 78.0 Å². The van der Waals surface area contributed by atoms with Crippen LogP contribution in [-0.4, -0.2) is 41.0 Å². The van der Waals surface area contributed by atoms with Crippen LogP contribution >= 0.6 is 11.6 Å². The third kappa shape index (κ3) is 5.71. The Bertz CT molecular complexity index is 914. The first-order chi connectivity index (χ1) is 13.2. The predicted octanol–water partition coefficient (Wildman–Crippen LogP) is 4.59. The first kappa shape index (κ1) is 21.7. The van der Waals surface area contributed by atoms with E-state index in [4.69, 9.17) is 21.5 Å². The molecule has 0 radical (unpaired) electrons. The molecule has 5 nitrogen and oxygen atoms in total. The first-order valence-corrected chi connectivity index (χ1v) is 8.75. The zero-order valence-corrected chi connectivity index (χ0v) is 15.7. The number of aliphatic carboxylic acids is 1. The van der Waals surface area contributed by atoms with E-state index in [-0.39, 0.29) is 0 Å². The van der Waals surface area contributed by atoms with Crippen LogP contribution in [0.25, 0.3) is 10.9 Å². The average molecular weight is 414 g/mol. The molecule has 0 aliphatic rings. The van der Waals surface area contributed by atoms with Gasteiger partial charge in [-0.3, -0.25) is 5.10 Å². The molecule has 0 saturated carbocycles. The van der Waals surface area contributed by atoms with Crippen molar-refractivity contribution in [2.75, 3.05) is 13.6 Å². The van der Waals surface area contributed by atoms with Crippen LogP contribution in [0, 0.1) is 0 Å². The molecule has 0 amide bonds. The molecule has 2 aromatic carbocycles. The van der Waals surface area contributed by atoms with Gasteiger partial charge in [0.1, 0.15) is 0 Å². The summed E-state index contributed by atoms with van der Waals surface area (Å²) in [5.41, 5.74) is 3.57. The summed E-state index contributed by atoms with van der Waals surface area (Å²) in [4.78, 5) is 8.90. The number of rotatable bonds is 5. The van der Waals surface area contributed by atoms with E-state index in [9.17, 15) is 13.2 Å². The van der Waals surface area contributed by atoms with Crippen LogP contribution in [0.3, 0.4) is 0 Å². The van der Waals surface area contributed by atoms with Gasteiger partial charge in [-0.25, -0.2) is 4.79 Å². The van der Waals surface area contributed by atoms with Crippen molar-refractivity contribution in [3.8, 4) is 0 Å². The number of benzene rings is 2. The van der Waals surface area contributed by atoms with Crippen molar-refractivity contribution in [1.29, 1.82) is 0 Å². The summed E-state index contributed by atoms with van der Waals surface area (Å²) in [5, 5.41) is 18.9. The Morgan fingerprint density at radius 1 is 1.21 bits per heavy atom. The fourth-order valence-electron chi connectivity index (χ4n) is 2.72. The second kappa shape index (κ2) is 9.57. The summed E-state index contributed by atoms with van der Waals surface area (Å²) in [5.74, 6) is -2.40. The Morgan fingerprint density at radius 2 is 1.86 bits per heavy atom. The fourth-order valence-corrected chi connectivity index (χ4v) is 2.91. The van der Waals surface area contributed by atoms with Crippen molar-refractivity contribution in [2.24, 2.45) is 0 Å². The van der Waals surface area contributed by atoms with Crippen LogP contribution < -0.4 is 5.32 Å². The molecule has 0 aliphatic heterocycles. The lowest BCUT2D eigenvalue weighted by Crippen LogP contribution is -2.21. The Kier molecular flexibility index (Phi) is 7.42. The predicted molar refractivity (Wildman–Crippen MR) is 102 cm³/mol. The summed E-state index contributed by atoms with van der Waals surface area (Å²) in [6.45, 7) is 0.969. The van der Waals surface area contributed by atoms with Gasteiger partial charge < -0.3 is 10.4 Å². The monoisotopic (exact) mass is 413 g/mol. The van der Waals surface area contributed by atoms with Crippen LogP contribution in [0.2, 0.25) is 5.15 Å². The number of carboxylic acids is 1. The lowest BCUT2D eigenvalue weighted by atomic mass is 9.88. The maximum Gasteiger partial charge on any atom is 0.490 e. The molecule has 0 saturated heterocycles. The van der Waals surface area contributed by atoms with Crippen molar-refractivity contribution in [3.05, 3.63) is 64.8 Å². The number of H-pyrrole nitrogens is 1. The molecule has 28 heavy (non-hydrogen) atoms. The van der Waals surface area contributed by atoms with Gasteiger partial charge in [-0.05, 0) is 43.3 Å². The number of halogens is 4. The number of nitrogens with zero attached hydrogens (tertiary/aromatic N) is 1. The molecule has 3 aromatic rings. The van der Waals surface area contributed by atoms with E-state index in [0.29, 0.717) is 11.1 Å². The Hall–Kier alpha value is -2.58. The number of carbonyl (C=O) groups is 1. The molecule has 0 unspecified atom stereocenters. The van der Waals surface area contributed by atoms with Gasteiger partial charge in [-0.15, -0.1) is 0 Å². The van der Waals surface area contributed by atoms with Gasteiger partial charge in [0.05, 0.1) is 5.52 Å². The van der Waals surface area contributed by atoms with Crippen LogP contribution in [0.4, 0.5) is 13.2 Å². The van der Waals surface area contributed by atoms with Crippen LogP contribution in [-0.2, 0) is 4.79 Å². The van der Waals surface area contributed by atoms with Crippen LogP contribution in [0.15, 0.2) is 48.5 Å². The second-order valence-corrected chi connectivity index (χ2v) is 6.34. The molecule has 0 bridgehead atoms. The molecule has 3 N–H and O–H groups in total. The van der Waals surface area contributed by atoms with Crippen molar-refractivity contribution in [3.63, 3.8) is 0 Å². The number of fused-ring (bicyclic) bond motifs is 1. The second-order valence-electron chi connectivity index (χ2n) is 5.98. The zero-order valence-electron chi connectivity index (χ0n) is 14.9. The Balaban J connectivity index is 0.000000345. The molecule has 0 fully saturated rings. The smallest absolute Gasteiger partial charge is 0.475 e. The molecule has 1 heterocycles. The van der Waals surface area contributed by atoms with Crippen LogP contribution in [0.5, 0.6) is 0 Å². The van der Waals surface area contributed by atoms with E-state index in [0.717, 1.165) is 23.9 Å². The van der Waals surface area contributed by atoms with Gasteiger partial charge in [-0.1, -0.05) is 48.0 Å². The van der Waals surface area contributed by atoms with E-state index in [1.165, 1.54) is 11.1 Å². The molecular formula is C19H19ClF3N3O2.